The first-order valence-corrected chi connectivity index (χ1v) is 7.06. The molecule has 2 aromatic carbocycles. The van der Waals surface area contributed by atoms with Gasteiger partial charge in [-0.3, -0.25) is 0 Å². The molecule has 0 aliphatic carbocycles. The highest BCUT2D eigenvalue weighted by molar-refractivity contribution is 5.27. The molecule has 2 aromatic rings. The van der Waals surface area contributed by atoms with Gasteiger partial charge in [0.1, 0.15) is 0 Å². The Labute approximate surface area is 121 Å². The van der Waals surface area contributed by atoms with Gasteiger partial charge in [0.05, 0.1) is 6.61 Å². The highest BCUT2D eigenvalue weighted by atomic mass is 16.5. The van der Waals surface area contributed by atoms with Gasteiger partial charge >= 0.3 is 0 Å². The SMILES string of the molecule is COCc1ccccc1CNC(C)c1ccc(C)cc1. The third-order valence-corrected chi connectivity index (χ3v) is 3.59. The fourth-order valence-electron chi connectivity index (χ4n) is 2.26. The standard InChI is InChI=1S/C18H23NO/c1-14-8-10-16(11-9-14)15(2)19-12-17-6-4-5-7-18(17)13-20-3/h4-11,15,19H,12-13H2,1-3H3. The molecular weight excluding hydrogens is 246 g/mol. The Morgan fingerprint density at radius 2 is 1.65 bits per heavy atom. The van der Waals surface area contributed by atoms with E-state index < -0.39 is 0 Å². The third kappa shape index (κ3) is 3.92. The zero-order chi connectivity index (χ0) is 14.4. The zero-order valence-electron chi connectivity index (χ0n) is 12.5. The normalized spacial score (nSPS) is 12.3. The maximum atomic E-state index is 5.25. The summed E-state index contributed by atoms with van der Waals surface area (Å²) in [6.45, 7) is 5.83. The van der Waals surface area contributed by atoms with E-state index in [1.165, 1.54) is 22.3 Å². The second kappa shape index (κ2) is 7.22. The molecule has 0 fully saturated rings. The van der Waals surface area contributed by atoms with E-state index in [0.29, 0.717) is 12.6 Å². The molecule has 0 amide bonds. The van der Waals surface area contributed by atoms with Gasteiger partial charge in [-0.05, 0) is 30.5 Å². The summed E-state index contributed by atoms with van der Waals surface area (Å²) in [6.07, 6.45) is 0. The summed E-state index contributed by atoms with van der Waals surface area (Å²) in [5.41, 5.74) is 5.16. The Hall–Kier alpha value is -1.64. The minimum Gasteiger partial charge on any atom is -0.380 e. The van der Waals surface area contributed by atoms with Crippen molar-refractivity contribution in [1.82, 2.24) is 5.32 Å². The second-order valence-electron chi connectivity index (χ2n) is 5.21. The molecule has 0 aliphatic rings. The third-order valence-electron chi connectivity index (χ3n) is 3.59. The van der Waals surface area contributed by atoms with Crippen LogP contribution in [0.5, 0.6) is 0 Å². The van der Waals surface area contributed by atoms with E-state index in [-0.39, 0.29) is 0 Å². The molecule has 0 radical (unpaired) electrons. The predicted octanol–water partition coefficient (Wildman–Crippen LogP) is 3.99. The summed E-state index contributed by atoms with van der Waals surface area (Å²) < 4.78 is 5.25. The summed E-state index contributed by atoms with van der Waals surface area (Å²) >= 11 is 0. The Kier molecular flexibility index (Phi) is 5.33. The summed E-state index contributed by atoms with van der Waals surface area (Å²) in [6, 6.07) is 17.4. The minimum absolute atomic E-state index is 0.339. The molecule has 2 nitrogen and oxygen atoms in total. The van der Waals surface area contributed by atoms with Crippen molar-refractivity contribution < 1.29 is 4.74 Å². The Morgan fingerprint density at radius 3 is 2.30 bits per heavy atom. The van der Waals surface area contributed by atoms with Crippen LogP contribution >= 0.6 is 0 Å². The Balaban J connectivity index is 1.99. The number of hydrogen-bond acceptors (Lipinski definition) is 2. The number of aryl methyl sites for hydroxylation is 1. The number of methoxy groups -OCH3 is 1. The summed E-state index contributed by atoms with van der Waals surface area (Å²) in [4.78, 5) is 0. The van der Waals surface area contributed by atoms with Crippen LogP contribution < -0.4 is 5.32 Å². The maximum Gasteiger partial charge on any atom is 0.0716 e. The van der Waals surface area contributed by atoms with Gasteiger partial charge in [-0.15, -0.1) is 0 Å². The molecule has 0 saturated carbocycles. The minimum atomic E-state index is 0.339. The van der Waals surface area contributed by atoms with E-state index in [0.717, 1.165) is 6.54 Å². The molecule has 0 bridgehead atoms. The smallest absolute Gasteiger partial charge is 0.0716 e. The van der Waals surface area contributed by atoms with E-state index in [1.807, 2.05) is 0 Å². The molecular formula is C18H23NO. The van der Waals surface area contributed by atoms with E-state index in [4.69, 9.17) is 4.74 Å². The van der Waals surface area contributed by atoms with Gasteiger partial charge < -0.3 is 10.1 Å². The van der Waals surface area contributed by atoms with Crippen molar-refractivity contribution in [1.29, 1.82) is 0 Å². The molecule has 0 saturated heterocycles. The van der Waals surface area contributed by atoms with Crippen molar-refractivity contribution >= 4 is 0 Å². The summed E-state index contributed by atoms with van der Waals surface area (Å²) in [5, 5.41) is 3.58. The number of rotatable bonds is 6. The lowest BCUT2D eigenvalue weighted by atomic mass is 10.0. The molecule has 2 heteroatoms. The summed E-state index contributed by atoms with van der Waals surface area (Å²) in [5.74, 6) is 0. The van der Waals surface area contributed by atoms with Gasteiger partial charge in [0.15, 0.2) is 0 Å². The van der Waals surface area contributed by atoms with Gasteiger partial charge in [0.25, 0.3) is 0 Å². The monoisotopic (exact) mass is 269 g/mol. The van der Waals surface area contributed by atoms with E-state index in [2.05, 4.69) is 67.7 Å². The van der Waals surface area contributed by atoms with Crippen molar-refractivity contribution in [2.45, 2.75) is 33.0 Å². The van der Waals surface area contributed by atoms with Crippen LogP contribution in [0.2, 0.25) is 0 Å². The van der Waals surface area contributed by atoms with Crippen LogP contribution in [0.25, 0.3) is 0 Å². The van der Waals surface area contributed by atoms with Crippen molar-refractivity contribution in [3.05, 3.63) is 70.8 Å². The van der Waals surface area contributed by atoms with Crippen LogP contribution in [-0.2, 0) is 17.9 Å². The number of hydrogen-bond donors (Lipinski definition) is 1. The van der Waals surface area contributed by atoms with Crippen LogP contribution in [0.4, 0.5) is 0 Å². The molecule has 1 unspecified atom stereocenters. The highest BCUT2D eigenvalue weighted by Gasteiger charge is 2.06. The van der Waals surface area contributed by atoms with Crippen molar-refractivity contribution in [2.24, 2.45) is 0 Å². The van der Waals surface area contributed by atoms with Crippen LogP contribution in [-0.4, -0.2) is 7.11 Å². The first-order chi connectivity index (χ1) is 9.70. The quantitative estimate of drug-likeness (QED) is 0.856. The fourth-order valence-corrected chi connectivity index (χ4v) is 2.26. The van der Waals surface area contributed by atoms with Crippen LogP contribution in [0.3, 0.4) is 0 Å². The largest absolute Gasteiger partial charge is 0.380 e. The maximum absolute atomic E-state index is 5.25. The summed E-state index contributed by atoms with van der Waals surface area (Å²) in [7, 11) is 1.74. The number of nitrogens with one attached hydrogen (secondary N) is 1. The zero-order valence-corrected chi connectivity index (χ0v) is 12.5. The highest BCUT2D eigenvalue weighted by Crippen LogP contribution is 2.15. The van der Waals surface area contributed by atoms with Crippen molar-refractivity contribution in [3.63, 3.8) is 0 Å². The first-order valence-electron chi connectivity index (χ1n) is 7.06. The van der Waals surface area contributed by atoms with Gasteiger partial charge in [0.2, 0.25) is 0 Å². The lowest BCUT2D eigenvalue weighted by Crippen LogP contribution is -2.19. The molecule has 2 rings (SSSR count). The topological polar surface area (TPSA) is 21.3 Å². The van der Waals surface area contributed by atoms with Crippen LogP contribution in [0.15, 0.2) is 48.5 Å². The lowest BCUT2D eigenvalue weighted by Gasteiger charge is -2.16. The molecule has 20 heavy (non-hydrogen) atoms. The average Bonchev–Trinajstić information content (AvgIpc) is 2.47. The van der Waals surface area contributed by atoms with Crippen molar-refractivity contribution in [3.8, 4) is 0 Å². The molecule has 106 valence electrons. The lowest BCUT2D eigenvalue weighted by molar-refractivity contribution is 0.184. The molecule has 1 atom stereocenters. The van der Waals surface area contributed by atoms with E-state index >= 15 is 0 Å². The van der Waals surface area contributed by atoms with Gasteiger partial charge in [-0.25, -0.2) is 0 Å². The first kappa shape index (κ1) is 14.8. The second-order valence-corrected chi connectivity index (χ2v) is 5.21. The van der Waals surface area contributed by atoms with E-state index in [1.54, 1.807) is 7.11 Å². The van der Waals surface area contributed by atoms with Crippen molar-refractivity contribution in [2.75, 3.05) is 7.11 Å². The Morgan fingerprint density at radius 1 is 1.00 bits per heavy atom. The molecule has 1 N–H and O–H groups in total. The van der Waals surface area contributed by atoms with Gasteiger partial charge in [0, 0.05) is 19.7 Å². The molecule has 0 aromatic heterocycles. The van der Waals surface area contributed by atoms with Crippen LogP contribution in [0.1, 0.15) is 35.2 Å². The van der Waals surface area contributed by atoms with Gasteiger partial charge in [-0.1, -0.05) is 54.1 Å². The predicted molar refractivity (Wildman–Crippen MR) is 83.6 cm³/mol. The number of benzene rings is 2. The number of ether oxygens (including phenoxy) is 1. The molecule has 0 aliphatic heterocycles. The Bertz CT molecular complexity index is 533. The molecule has 0 heterocycles. The fraction of sp³-hybridized carbons (Fsp3) is 0.333. The van der Waals surface area contributed by atoms with Gasteiger partial charge in [-0.2, -0.15) is 0 Å². The van der Waals surface area contributed by atoms with Crippen LogP contribution in [0, 0.1) is 6.92 Å². The molecule has 0 spiro atoms. The van der Waals surface area contributed by atoms with E-state index in [9.17, 15) is 0 Å². The average molecular weight is 269 g/mol.